The molecule has 1 aromatic rings. The minimum Gasteiger partial charge on any atom is -0.314 e. The van der Waals surface area contributed by atoms with Gasteiger partial charge in [-0.05, 0) is 57.1 Å². The second-order valence-corrected chi connectivity index (χ2v) is 5.10. The third-order valence-electron chi connectivity index (χ3n) is 3.65. The van der Waals surface area contributed by atoms with E-state index in [1.165, 1.54) is 37.7 Å². The fourth-order valence-corrected chi connectivity index (χ4v) is 2.50. The first-order chi connectivity index (χ1) is 8.33. The van der Waals surface area contributed by atoms with Gasteiger partial charge < -0.3 is 5.32 Å². The van der Waals surface area contributed by atoms with E-state index in [0.29, 0.717) is 0 Å². The quantitative estimate of drug-likeness (QED) is 0.750. The Balaban J connectivity index is 1.70. The van der Waals surface area contributed by atoms with E-state index in [0.717, 1.165) is 25.0 Å². The van der Waals surface area contributed by atoms with Gasteiger partial charge in [0.2, 0.25) is 0 Å². The first kappa shape index (κ1) is 12.6. The Kier molecular flexibility index (Phi) is 4.60. The first-order valence-corrected chi connectivity index (χ1v) is 7.08. The normalized spacial score (nSPS) is 17.3. The van der Waals surface area contributed by atoms with Gasteiger partial charge in [0.05, 0.1) is 6.20 Å². The largest absolute Gasteiger partial charge is 0.314 e. The van der Waals surface area contributed by atoms with E-state index < -0.39 is 0 Å². The molecule has 1 unspecified atom stereocenters. The highest BCUT2D eigenvalue weighted by atomic mass is 15.3. The fraction of sp³-hybridized carbons (Fsp3) is 0.786. The molecule has 1 aliphatic rings. The van der Waals surface area contributed by atoms with Crippen molar-refractivity contribution < 1.29 is 0 Å². The van der Waals surface area contributed by atoms with E-state index in [1.54, 1.807) is 0 Å². The van der Waals surface area contributed by atoms with Crippen molar-refractivity contribution >= 4 is 0 Å². The van der Waals surface area contributed by atoms with Crippen molar-refractivity contribution in [3.8, 4) is 0 Å². The molecule has 3 heteroatoms. The van der Waals surface area contributed by atoms with Crippen LogP contribution < -0.4 is 5.32 Å². The molecule has 0 amide bonds. The summed E-state index contributed by atoms with van der Waals surface area (Å²) in [6, 6.07) is 0.765. The zero-order valence-corrected chi connectivity index (χ0v) is 11.2. The summed E-state index contributed by atoms with van der Waals surface area (Å²) >= 11 is 0. The zero-order valence-electron chi connectivity index (χ0n) is 11.2. The molecule has 3 nitrogen and oxygen atoms in total. The summed E-state index contributed by atoms with van der Waals surface area (Å²) in [7, 11) is 0. The van der Waals surface area contributed by atoms with Gasteiger partial charge in [-0.15, -0.1) is 0 Å². The summed E-state index contributed by atoms with van der Waals surface area (Å²) < 4.78 is 2.01. The van der Waals surface area contributed by atoms with Crippen molar-refractivity contribution in [1.29, 1.82) is 0 Å². The van der Waals surface area contributed by atoms with Crippen LogP contribution in [0.4, 0.5) is 0 Å². The van der Waals surface area contributed by atoms with Crippen molar-refractivity contribution in [2.45, 2.75) is 58.5 Å². The Morgan fingerprint density at radius 2 is 2.29 bits per heavy atom. The van der Waals surface area contributed by atoms with Crippen molar-refractivity contribution in [1.82, 2.24) is 15.1 Å². The highest BCUT2D eigenvalue weighted by molar-refractivity contribution is 5.04. The Labute approximate surface area is 105 Å². The molecule has 0 bridgehead atoms. The van der Waals surface area contributed by atoms with E-state index in [4.69, 9.17) is 0 Å². The lowest BCUT2D eigenvalue weighted by atomic mass is 10.0. The molecule has 1 aromatic heterocycles. The second-order valence-electron chi connectivity index (χ2n) is 5.10. The molecule has 0 aromatic carbocycles. The minimum absolute atomic E-state index is 0.765. The van der Waals surface area contributed by atoms with Crippen LogP contribution in [0.5, 0.6) is 0 Å². The van der Waals surface area contributed by atoms with Crippen LogP contribution in [-0.2, 0) is 13.0 Å². The Morgan fingerprint density at radius 3 is 2.88 bits per heavy atom. The third-order valence-corrected chi connectivity index (χ3v) is 3.65. The standard InChI is InChI=1S/C14H25N3/c1-3-15-14(13-8-9-13)7-5-6-12-10-16-17(4-2)11-12/h10-11,13-15H,3-9H2,1-2H3. The van der Waals surface area contributed by atoms with Gasteiger partial charge in [0.25, 0.3) is 0 Å². The summed E-state index contributed by atoms with van der Waals surface area (Å²) in [5, 5.41) is 7.94. The average Bonchev–Trinajstić information content (AvgIpc) is 3.08. The van der Waals surface area contributed by atoms with Crippen molar-refractivity contribution in [3.05, 3.63) is 18.0 Å². The number of rotatable bonds is 8. The van der Waals surface area contributed by atoms with Gasteiger partial charge in [-0.3, -0.25) is 4.68 Å². The maximum absolute atomic E-state index is 4.32. The molecule has 1 fully saturated rings. The SMILES string of the molecule is CCNC(CCCc1cnn(CC)c1)C1CC1. The second kappa shape index (κ2) is 6.20. The van der Waals surface area contributed by atoms with Crippen molar-refractivity contribution in [3.63, 3.8) is 0 Å². The summed E-state index contributed by atoms with van der Waals surface area (Å²) in [5.41, 5.74) is 1.39. The number of nitrogens with zero attached hydrogens (tertiary/aromatic N) is 2. The molecule has 0 spiro atoms. The van der Waals surface area contributed by atoms with Gasteiger partial charge in [-0.1, -0.05) is 6.92 Å². The zero-order chi connectivity index (χ0) is 12.1. The van der Waals surface area contributed by atoms with Crippen LogP contribution in [0.15, 0.2) is 12.4 Å². The van der Waals surface area contributed by atoms with Crippen molar-refractivity contribution in [2.75, 3.05) is 6.54 Å². The van der Waals surface area contributed by atoms with Gasteiger partial charge >= 0.3 is 0 Å². The highest BCUT2D eigenvalue weighted by Gasteiger charge is 2.29. The van der Waals surface area contributed by atoms with Gasteiger partial charge in [-0.2, -0.15) is 5.10 Å². The lowest BCUT2D eigenvalue weighted by molar-refractivity contribution is 0.434. The highest BCUT2D eigenvalue weighted by Crippen LogP contribution is 2.34. The molecular weight excluding hydrogens is 210 g/mol. The number of nitrogens with one attached hydrogen (secondary N) is 1. The summed E-state index contributed by atoms with van der Waals surface area (Å²) in [6.45, 7) is 6.42. The molecule has 1 heterocycles. The van der Waals surface area contributed by atoms with Gasteiger partial charge in [0.1, 0.15) is 0 Å². The van der Waals surface area contributed by atoms with Crippen LogP contribution in [0.1, 0.15) is 45.1 Å². The van der Waals surface area contributed by atoms with E-state index in [-0.39, 0.29) is 0 Å². The van der Waals surface area contributed by atoms with Gasteiger partial charge in [-0.25, -0.2) is 0 Å². The van der Waals surface area contributed by atoms with Crippen LogP contribution in [0.2, 0.25) is 0 Å². The number of aryl methyl sites for hydroxylation is 2. The third kappa shape index (κ3) is 3.84. The van der Waals surface area contributed by atoms with Crippen LogP contribution in [-0.4, -0.2) is 22.4 Å². The van der Waals surface area contributed by atoms with Crippen LogP contribution in [0.3, 0.4) is 0 Å². The summed E-state index contributed by atoms with van der Waals surface area (Å²) in [5.74, 6) is 0.966. The molecule has 17 heavy (non-hydrogen) atoms. The van der Waals surface area contributed by atoms with E-state index in [2.05, 4.69) is 30.5 Å². The minimum atomic E-state index is 0.765. The lowest BCUT2D eigenvalue weighted by Crippen LogP contribution is -2.30. The topological polar surface area (TPSA) is 29.9 Å². The lowest BCUT2D eigenvalue weighted by Gasteiger charge is -2.16. The summed E-state index contributed by atoms with van der Waals surface area (Å²) in [4.78, 5) is 0. The first-order valence-electron chi connectivity index (χ1n) is 7.08. The van der Waals surface area contributed by atoms with Crippen LogP contribution >= 0.6 is 0 Å². The molecule has 1 saturated carbocycles. The smallest absolute Gasteiger partial charge is 0.0521 e. The molecule has 1 N–H and O–H groups in total. The van der Waals surface area contributed by atoms with Crippen LogP contribution in [0.25, 0.3) is 0 Å². The Bertz CT molecular complexity index is 328. The van der Waals surface area contributed by atoms with Gasteiger partial charge in [0.15, 0.2) is 0 Å². The molecule has 1 aliphatic carbocycles. The molecule has 1 atom stereocenters. The molecular formula is C14H25N3. The Hall–Kier alpha value is -0.830. The van der Waals surface area contributed by atoms with E-state index in [1.807, 2.05) is 10.9 Å². The molecule has 0 radical (unpaired) electrons. The molecule has 0 aliphatic heterocycles. The van der Waals surface area contributed by atoms with Crippen molar-refractivity contribution in [2.24, 2.45) is 5.92 Å². The summed E-state index contributed by atoms with van der Waals surface area (Å²) in [6.07, 6.45) is 10.8. The molecule has 2 rings (SSSR count). The van der Waals surface area contributed by atoms with E-state index >= 15 is 0 Å². The molecule has 0 saturated heterocycles. The number of aromatic nitrogens is 2. The fourth-order valence-electron chi connectivity index (χ4n) is 2.50. The van der Waals surface area contributed by atoms with Gasteiger partial charge in [0, 0.05) is 18.8 Å². The Morgan fingerprint density at radius 1 is 1.47 bits per heavy atom. The molecule has 96 valence electrons. The average molecular weight is 235 g/mol. The number of hydrogen-bond donors (Lipinski definition) is 1. The maximum atomic E-state index is 4.32. The monoisotopic (exact) mass is 235 g/mol. The maximum Gasteiger partial charge on any atom is 0.0521 e. The number of hydrogen-bond acceptors (Lipinski definition) is 2. The van der Waals surface area contributed by atoms with E-state index in [9.17, 15) is 0 Å². The predicted octanol–water partition coefficient (Wildman–Crippen LogP) is 2.61. The predicted molar refractivity (Wildman–Crippen MR) is 71.0 cm³/mol. The van der Waals surface area contributed by atoms with Crippen LogP contribution in [0, 0.1) is 5.92 Å².